The molecule has 0 aromatic rings. The van der Waals surface area contributed by atoms with Gasteiger partial charge in [-0.15, -0.1) is 0 Å². The van der Waals surface area contributed by atoms with Crippen molar-refractivity contribution in [3.63, 3.8) is 0 Å². The molecule has 2 N–H and O–H groups in total. The van der Waals surface area contributed by atoms with E-state index in [1.807, 2.05) is 27.8 Å². The van der Waals surface area contributed by atoms with Crippen LogP contribution in [0.1, 0.15) is 66.7 Å². The molecule has 3 amide bonds. The summed E-state index contributed by atoms with van der Waals surface area (Å²) in [6.45, 7) is 11.4. The van der Waals surface area contributed by atoms with Crippen molar-refractivity contribution in [1.82, 2.24) is 15.5 Å². The molecule has 0 rings (SSSR count). The molecule has 0 heterocycles. The van der Waals surface area contributed by atoms with E-state index >= 15 is 0 Å². The number of imide groups is 1. The van der Waals surface area contributed by atoms with Gasteiger partial charge in [0.05, 0.1) is 5.60 Å². The maximum Gasteiger partial charge on any atom is 0.228 e. The van der Waals surface area contributed by atoms with Gasteiger partial charge < -0.3 is 15.4 Å². The molecule has 0 unspecified atom stereocenters. The van der Waals surface area contributed by atoms with Crippen molar-refractivity contribution in [3.05, 3.63) is 0 Å². The van der Waals surface area contributed by atoms with Crippen LogP contribution in [-0.4, -0.2) is 61.0 Å². The first-order chi connectivity index (χ1) is 12.1. The molecule has 0 spiro atoms. The van der Waals surface area contributed by atoms with Crippen LogP contribution in [0.2, 0.25) is 0 Å². The molecule has 0 aliphatic heterocycles. The summed E-state index contributed by atoms with van der Waals surface area (Å²) in [6.07, 6.45) is 3.17. The van der Waals surface area contributed by atoms with Gasteiger partial charge in [-0.2, -0.15) is 0 Å². The fourth-order valence-corrected chi connectivity index (χ4v) is 2.40. The summed E-state index contributed by atoms with van der Waals surface area (Å²) in [5, 5.41) is 6.06. The third-order valence-corrected chi connectivity index (χ3v) is 4.17. The van der Waals surface area contributed by atoms with E-state index in [1.54, 1.807) is 0 Å². The highest BCUT2D eigenvalue weighted by atomic mass is 16.5. The van der Waals surface area contributed by atoms with Crippen LogP contribution in [0.5, 0.6) is 0 Å². The molecule has 7 heteroatoms. The van der Waals surface area contributed by atoms with Crippen molar-refractivity contribution < 1.29 is 19.1 Å². The Labute approximate surface area is 158 Å². The van der Waals surface area contributed by atoms with Crippen LogP contribution < -0.4 is 10.6 Å². The van der Waals surface area contributed by atoms with Crippen LogP contribution in [0.25, 0.3) is 0 Å². The van der Waals surface area contributed by atoms with E-state index in [0.717, 1.165) is 17.9 Å². The molecule has 152 valence electrons. The second-order valence-electron chi connectivity index (χ2n) is 7.84. The Balaban J connectivity index is 4.29. The molecule has 0 aromatic carbocycles. The molecule has 0 aromatic heterocycles. The monoisotopic (exact) mass is 371 g/mol. The Bertz CT molecular complexity index is 450. The van der Waals surface area contributed by atoms with Crippen LogP contribution in [0, 0.1) is 0 Å². The Hall–Kier alpha value is -1.47. The van der Waals surface area contributed by atoms with Crippen molar-refractivity contribution in [3.8, 4) is 0 Å². The van der Waals surface area contributed by atoms with Crippen LogP contribution >= 0.6 is 0 Å². The number of carbonyl (C=O) groups is 3. The third-order valence-electron chi connectivity index (χ3n) is 4.17. The number of nitrogens with zero attached hydrogens (tertiary/aromatic N) is 1. The van der Waals surface area contributed by atoms with Crippen LogP contribution in [0.15, 0.2) is 0 Å². The largest absolute Gasteiger partial charge is 0.375 e. The predicted molar refractivity (Wildman–Crippen MR) is 103 cm³/mol. The number of nitrogens with one attached hydrogen (secondary N) is 2. The number of carbonyl (C=O) groups excluding carboxylic acids is 3. The van der Waals surface area contributed by atoms with E-state index in [-0.39, 0.29) is 30.4 Å². The van der Waals surface area contributed by atoms with Crippen molar-refractivity contribution >= 4 is 18.2 Å². The smallest absolute Gasteiger partial charge is 0.228 e. The Morgan fingerprint density at radius 3 is 2.31 bits per heavy atom. The summed E-state index contributed by atoms with van der Waals surface area (Å²) >= 11 is 0. The van der Waals surface area contributed by atoms with E-state index in [2.05, 4.69) is 24.5 Å². The Morgan fingerprint density at radius 2 is 1.77 bits per heavy atom. The van der Waals surface area contributed by atoms with Crippen molar-refractivity contribution in [1.29, 1.82) is 0 Å². The number of hydrogen-bond acceptors (Lipinski definition) is 5. The first kappa shape index (κ1) is 24.5. The predicted octanol–water partition coefficient (Wildman–Crippen LogP) is 1.85. The van der Waals surface area contributed by atoms with Gasteiger partial charge in [-0.25, -0.2) is 0 Å². The molecule has 0 fully saturated rings. The van der Waals surface area contributed by atoms with Gasteiger partial charge in [0, 0.05) is 31.5 Å². The fourth-order valence-electron chi connectivity index (χ4n) is 2.40. The summed E-state index contributed by atoms with van der Waals surface area (Å²) in [4.78, 5) is 35.9. The normalized spacial score (nSPS) is 11.9. The molecule has 7 nitrogen and oxygen atoms in total. The minimum atomic E-state index is -0.421. The molecule has 0 atom stereocenters. The van der Waals surface area contributed by atoms with E-state index in [9.17, 15) is 14.4 Å². The van der Waals surface area contributed by atoms with Crippen LogP contribution in [0.4, 0.5) is 0 Å². The second kappa shape index (κ2) is 12.0. The highest BCUT2D eigenvalue weighted by Gasteiger charge is 2.24. The summed E-state index contributed by atoms with van der Waals surface area (Å²) in [5.74, 6) is -0.424. The summed E-state index contributed by atoms with van der Waals surface area (Å²) in [7, 11) is 1.91. The number of amides is 3. The average Bonchev–Trinajstić information content (AvgIpc) is 2.53. The lowest BCUT2D eigenvalue weighted by Gasteiger charge is -2.30. The standard InChI is InChI=1S/C19H37N3O4/c1-7-8-17(25)22(15-23)13-9-16(24)21-18(2,3)11-14-26-19(4,5)10-12-20-6/h15,20H,7-14H2,1-6H3,(H,21,24). The molecular formula is C19H37N3O4. The zero-order valence-electron chi connectivity index (χ0n) is 17.3. The molecule has 0 saturated heterocycles. The fraction of sp³-hybridized carbons (Fsp3) is 0.842. The molecular weight excluding hydrogens is 334 g/mol. The third kappa shape index (κ3) is 11.2. The van der Waals surface area contributed by atoms with E-state index in [0.29, 0.717) is 32.3 Å². The van der Waals surface area contributed by atoms with Gasteiger partial charge in [0.1, 0.15) is 0 Å². The van der Waals surface area contributed by atoms with E-state index < -0.39 is 5.54 Å². The highest BCUT2D eigenvalue weighted by Crippen LogP contribution is 2.17. The number of ether oxygens (including phenoxy) is 1. The lowest BCUT2D eigenvalue weighted by molar-refractivity contribution is -0.138. The summed E-state index contributed by atoms with van der Waals surface area (Å²) in [5.41, 5.74) is -0.636. The van der Waals surface area contributed by atoms with Crippen molar-refractivity contribution in [2.24, 2.45) is 0 Å². The van der Waals surface area contributed by atoms with Crippen molar-refractivity contribution in [2.75, 3.05) is 26.7 Å². The lowest BCUT2D eigenvalue weighted by Crippen LogP contribution is -2.46. The van der Waals surface area contributed by atoms with Gasteiger partial charge in [0.15, 0.2) is 0 Å². The second-order valence-corrected chi connectivity index (χ2v) is 7.84. The highest BCUT2D eigenvalue weighted by molar-refractivity contribution is 5.87. The van der Waals surface area contributed by atoms with E-state index in [1.165, 1.54) is 0 Å². The molecule has 26 heavy (non-hydrogen) atoms. The maximum atomic E-state index is 12.1. The SMILES string of the molecule is CCCC(=O)N(C=O)CCC(=O)NC(C)(C)CCOC(C)(C)CCNC. The zero-order chi connectivity index (χ0) is 20.2. The molecule has 0 radical (unpaired) electrons. The van der Waals surface area contributed by atoms with Gasteiger partial charge in [-0.1, -0.05) is 6.92 Å². The van der Waals surface area contributed by atoms with Gasteiger partial charge in [-0.3, -0.25) is 19.3 Å². The topological polar surface area (TPSA) is 87.7 Å². The Kier molecular flexibility index (Phi) is 11.3. The summed E-state index contributed by atoms with van der Waals surface area (Å²) in [6, 6.07) is 0. The minimum absolute atomic E-state index is 0.103. The number of rotatable bonds is 14. The van der Waals surface area contributed by atoms with Gasteiger partial charge in [-0.05, 0) is 60.5 Å². The number of hydrogen-bond donors (Lipinski definition) is 2. The average molecular weight is 372 g/mol. The summed E-state index contributed by atoms with van der Waals surface area (Å²) < 4.78 is 5.93. The molecule has 0 bridgehead atoms. The van der Waals surface area contributed by atoms with E-state index in [4.69, 9.17) is 4.74 Å². The lowest BCUT2D eigenvalue weighted by atomic mass is 10.00. The quantitative estimate of drug-likeness (QED) is 0.455. The molecule has 0 saturated carbocycles. The van der Waals surface area contributed by atoms with Crippen molar-refractivity contribution in [2.45, 2.75) is 77.9 Å². The Morgan fingerprint density at radius 1 is 1.12 bits per heavy atom. The first-order valence-corrected chi connectivity index (χ1v) is 9.41. The van der Waals surface area contributed by atoms with Crippen LogP contribution in [-0.2, 0) is 19.1 Å². The molecule has 0 aliphatic carbocycles. The zero-order valence-corrected chi connectivity index (χ0v) is 17.3. The minimum Gasteiger partial charge on any atom is -0.375 e. The van der Waals surface area contributed by atoms with Gasteiger partial charge >= 0.3 is 0 Å². The maximum absolute atomic E-state index is 12.1. The molecule has 0 aliphatic rings. The van der Waals surface area contributed by atoms with Gasteiger partial charge in [0.25, 0.3) is 0 Å². The van der Waals surface area contributed by atoms with Crippen LogP contribution in [0.3, 0.4) is 0 Å². The van der Waals surface area contributed by atoms with Gasteiger partial charge in [0.2, 0.25) is 18.2 Å². The first-order valence-electron chi connectivity index (χ1n) is 9.41.